The first-order valence-corrected chi connectivity index (χ1v) is 17.1. The van der Waals surface area contributed by atoms with Crippen molar-refractivity contribution in [1.29, 1.82) is 0 Å². The minimum atomic E-state index is 0.864. The average Bonchev–Trinajstić information content (AvgIpc) is 3.58. The highest BCUT2D eigenvalue weighted by Crippen LogP contribution is 2.47. The lowest BCUT2D eigenvalue weighted by molar-refractivity contribution is 0.672. The summed E-state index contributed by atoms with van der Waals surface area (Å²) in [5, 5.41) is 9.36. The first-order chi connectivity index (χ1) is 24.8. The van der Waals surface area contributed by atoms with Gasteiger partial charge in [-0.15, -0.1) is 0 Å². The molecule has 9 aromatic carbocycles. The fourth-order valence-corrected chi connectivity index (χ4v) is 7.61. The van der Waals surface area contributed by atoms with Gasteiger partial charge in [0.15, 0.2) is 0 Å². The molecule has 0 amide bonds. The van der Waals surface area contributed by atoms with E-state index in [1.54, 1.807) is 0 Å². The largest absolute Gasteiger partial charge is 0.455 e. The molecule has 0 fully saturated rings. The van der Waals surface area contributed by atoms with Crippen LogP contribution < -0.4 is 4.90 Å². The van der Waals surface area contributed by atoms with Gasteiger partial charge in [0.1, 0.15) is 11.2 Å². The van der Waals surface area contributed by atoms with Crippen LogP contribution in [0.2, 0.25) is 0 Å². The number of hydrogen-bond acceptors (Lipinski definition) is 2. The van der Waals surface area contributed by atoms with Gasteiger partial charge in [0, 0.05) is 22.1 Å². The zero-order chi connectivity index (χ0) is 33.0. The van der Waals surface area contributed by atoms with E-state index in [-0.39, 0.29) is 0 Å². The van der Waals surface area contributed by atoms with Gasteiger partial charge in [-0.1, -0.05) is 140 Å². The van der Waals surface area contributed by atoms with E-state index in [4.69, 9.17) is 4.42 Å². The Labute approximate surface area is 290 Å². The average molecular weight is 638 g/mol. The molecule has 0 N–H and O–H groups in total. The van der Waals surface area contributed by atoms with Crippen LogP contribution in [-0.2, 0) is 0 Å². The lowest BCUT2D eigenvalue weighted by Crippen LogP contribution is -2.10. The fourth-order valence-electron chi connectivity index (χ4n) is 7.61. The number of benzene rings is 9. The first-order valence-electron chi connectivity index (χ1n) is 17.1. The molecule has 0 atom stereocenters. The number of rotatable bonds is 5. The quantitative estimate of drug-likeness (QED) is 0.187. The van der Waals surface area contributed by atoms with Crippen LogP contribution >= 0.6 is 0 Å². The summed E-state index contributed by atoms with van der Waals surface area (Å²) in [4.78, 5) is 2.39. The monoisotopic (exact) mass is 637 g/mol. The molecule has 1 aromatic heterocycles. The summed E-state index contributed by atoms with van der Waals surface area (Å²) in [6.07, 6.45) is 0. The van der Waals surface area contributed by atoms with E-state index < -0.39 is 0 Å². The predicted molar refractivity (Wildman–Crippen MR) is 212 cm³/mol. The van der Waals surface area contributed by atoms with Crippen LogP contribution in [0.15, 0.2) is 192 Å². The van der Waals surface area contributed by atoms with Crippen LogP contribution in [0.5, 0.6) is 0 Å². The van der Waals surface area contributed by atoms with Crippen molar-refractivity contribution in [1.82, 2.24) is 0 Å². The maximum atomic E-state index is 6.83. The molecular weight excluding hydrogens is 607 g/mol. The molecule has 0 radical (unpaired) electrons. The summed E-state index contributed by atoms with van der Waals surface area (Å²) in [6.45, 7) is 0. The fraction of sp³-hybridized carbons (Fsp3) is 0. The third-order valence-electron chi connectivity index (χ3n) is 9.98. The number of nitrogens with zero attached hydrogens (tertiary/aromatic N) is 1. The third kappa shape index (κ3) is 4.65. The second-order valence-electron chi connectivity index (χ2n) is 12.9. The van der Waals surface area contributed by atoms with Gasteiger partial charge in [0.25, 0.3) is 0 Å². The Balaban J connectivity index is 1.27. The van der Waals surface area contributed by atoms with Gasteiger partial charge in [-0.05, 0) is 97.7 Å². The summed E-state index contributed by atoms with van der Waals surface area (Å²) in [5.74, 6) is 0. The van der Waals surface area contributed by atoms with Crippen molar-refractivity contribution < 1.29 is 4.42 Å². The Morgan fingerprint density at radius 1 is 0.360 bits per heavy atom. The number of fused-ring (bicyclic) bond motifs is 7. The SMILES string of the molecule is c1ccc(-c2cccc(N(c3ccc4ccccc4c3)c3cccc4oc5c6ccccc6c(-c6ccc7ccccc7c6)cc5c34)c2)cc1. The zero-order valence-electron chi connectivity index (χ0n) is 27.3. The molecule has 0 saturated heterocycles. The second-order valence-corrected chi connectivity index (χ2v) is 12.9. The highest BCUT2D eigenvalue weighted by molar-refractivity contribution is 6.22. The first kappa shape index (κ1) is 28.4. The Hall–Kier alpha value is -6.64. The van der Waals surface area contributed by atoms with Gasteiger partial charge < -0.3 is 9.32 Å². The molecular formula is C48H31NO. The van der Waals surface area contributed by atoms with Gasteiger partial charge >= 0.3 is 0 Å². The second kappa shape index (κ2) is 11.5. The summed E-state index contributed by atoms with van der Waals surface area (Å²) < 4.78 is 6.83. The summed E-state index contributed by atoms with van der Waals surface area (Å²) >= 11 is 0. The van der Waals surface area contributed by atoms with Crippen LogP contribution in [0.4, 0.5) is 17.1 Å². The molecule has 0 aliphatic heterocycles. The number of hydrogen-bond donors (Lipinski definition) is 0. The van der Waals surface area contributed by atoms with Crippen LogP contribution in [0.3, 0.4) is 0 Å². The molecule has 0 aliphatic carbocycles. The van der Waals surface area contributed by atoms with E-state index in [9.17, 15) is 0 Å². The maximum Gasteiger partial charge on any atom is 0.143 e. The Morgan fingerprint density at radius 2 is 1.00 bits per heavy atom. The van der Waals surface area contributed by atoms with Gasteiger partial charge in [-0.3, -0.25) is 0 Å². The smallest absolute Gasteiger partial charge is 0.143 e. The van der Waals surface area contributed by atoms with E-state index in [1.807, 2.05) is 0 Å². The Morgan fingerprint density at radius 3 is 1.82 bits per heavy atom. The van der Waals surface area contributed by atoms with Crippen molar-refractivity contribution in [3.8, 4) is 22.3 Å². The number of anilines is 3. The van der Waals surface area contributed by atoms with Crippen molar-refractivity contribution in [2.45, 2.75) is 0 Å². The molecule has 2 nitrogen and oxygen atoms in total. The topological polar surface area (TPSA) is 16.4 Å². The lowest BCUT2D eigenvalue weighted by Gasteiger charge is -2.27. The van der Waals surface area contributed by atoms with Crippen molar-refractivity contribution in [2.24, 2.45) is 0 Å². The molecule has 0 spiro atoms. The van der Waals surface area contributed by atoms with Gasteiger partial charge in [-0.25, -0.2) is 0 Å². The molecule has 0 bridgehead atoms. The van der Waals surface area contributed by atoms with Crippen LogP contribution in [0.1, 0.15) is 0 Å². The highest BCUT2D eigenvalue weighted by Gasteiger charge is 2.22. The molecule has 0 aliphatic rings. The molecule has 10 rings (SSSR count). The zero-order valence-corrected chi connectivity index (χ0v) is 27.3. The van der Waals surface area contributed by atoms with E-state index >= 15 is 0 Å². The van der Waals surface area contributed by atoms with Crippen molar-refractivity contribution >= 4 is 71.3 Å². The predicted octanol–water partition coefficient (Wildman–Crippen LogP) is 13.8. The summed E-state index contributed by atoms with van der Waals surface area (Å²) in [5.41, 5.74) is 9.75. The van der Waals surface area contributed by atoms with Crippen LogP contribution in [0.25, 0.3) is 76.5 Å². The van der Waals surface area contributed by atoms with E-state index in [1.165, 1.54) is 49.2 Å². The molecule has 2 heteroatoms. The molecule has 1 heterocycles. The van der Waals surface area contributed by atoms with E-state index in [0.717, 1.165) is 44.4 Å². The lowest BCUT2D eigenvalue weighted by atomic mass is 9.93. The normalized spacial score (nSPS) is 11.6. The van der Waals surface area contributed by atoms with E-state index in [2.05, 4.69) is 193 Å². The van der Waals surface area contributed by atoms with Crippen LogP contribution in [0, 0.1) is 0 Å². The Bertz CT molecular complexity index is 2880. The maximum absolute atomic E-state index is 6.83. The van der Waals surface area contributed by atoms with Gasteiger partial charge in [-0.2, -0.15) is 0 Å². The van der Waals surface area contributed by atoms with E-state index in [0.29, 0.717) is 0 Å². The molecule has 0 unspecified atom stereocenters. The van der Waals surface area contributed by atoms with Crippen LogP contribution in [-0.4, -0.2) is 0 Å². The highest BCUT2D eigenvalue weighted by atomic mass is 16.3. The van der Waals surface area contributed by atoms with Gasteiger partial charge in [0.05, 0.1) is 11.1 Å². The Kier molecular flexibility index (Phi) is 6.53. The minimum Gasteiger partial charge on any atom is -0.455 e. The molecule has 234 valence electrons. The molecule has 0 saturated carbocycles. The standard InChI is InChI=1S/C48H31NO/c1-2-12-32(13-3-1)37-18-10-19-39(29-37)49(40-27-26-34-15-5-7-17-36(34)30-40)45-22-11-23-46-47(45)44-31-43(41-20-8-9-21-42(41)48(44)50-46)38-25-24-33-14-4-6-16-35(33)28-38/h1-31H. The molecule has 10 aromatic rings. The van der Waals surface area contributed by atoms with Gasteiger partial charge in [0.2, 0.25) is 0 Å². The number of furan rings is 1. The summed E-state index contributed by atoms with van der Waals surface area (Å²) in [7, 11) is 0. The van der Waals surface area contributed by atoms with Crippen molar-refractivity contribution in [3.63, 3.8) is 0 Å². The molecule has 50 heavy (non-hydrogen) atoms. The minimum absolute atomic E-state index is 0.864. The summed E-state index contributed by atoms with van der Waals surface area (Å²) in [6, 6.07) is 67.5. The third-order valence-corrected chi connectivity index (χ3v) is 9.98. The van der Waals surface area contributed by atoms with Crippen molar-refractivity contribution in [3.05, 3.63) is 188 Å². The van der Waals surface area contributed by atoms with Crippen molar-refractivity contribution in [2.75, 3.05) is 4.90 Å².